The standard InChI is InChI=1S/C12H16N4O2/c1-7-5-6-9-10(16(4)14-8(7)2)13-12(18)15(3)11(9)17/h6-7H,5H2,1-4H3. The number of rotatable bonds is 0. The highest BCUT2D eigenvalue weighted by Crippen LogP contribution is 2.20. The molecule has 6 nitrogen and oxygen atoms in total. The summed E-state index contributed by atoms with van der Waals surface area (Å²) in [6.45, 7) is 3.98. The van der Waals surface area contributed by atoms with E-state index in [1.165, 1.54) is 12.1 Å². The zero-order valence-corrected chi connectivity index (χ0v) is 11.0. The van der Waals surface area contributed by atoms with E-state index in [1.54, 1.807) is 7.05 Å². The summed E-state index contributed by atoms with van der Waals surface area (Å²) in [7, 11) is 3.13. The van der Waals surface area contributed by atoms with Crippen LogP contribution in [-0.2, 0) is 4.79 Å². The highest BCUT2D eigenvalue weighted by Gasteiger charge is 2.33. The smallest absolute Gasteiger partial charge is 0.268 e. The summed E-state index contributed by atoms with van der Waals surface area (Å²) in [4.78, 5) is 28.5. The number of nitrogens with zero attached hydrogens (tertiary/aromatic N) is 4. The van der Waals surface area contributed by atoms with Gasteiger partial charge in [-0.2, -0.15) is 10.1 Å². The number of amides is 3. The van der Waals surface area contributed by atoms with Crippen LogP contribution in [0.2, 0.25) is 0 Å². The van der Waals surface area contributed by atoms with Gasteiger partial charge in [-0.25, -0.2) is 4.79 Å². The molecule has 0 spiro atoms. The van der Waals surface area contributed by atoms with E-state index in [9.17, 15) is 9.59 Å². The maximum atomic E-state index is 12.0. The molecule has 0 aromatic rings. The zero-order chi connectivity index (χ0) is 13.4. The number of amidine groups is 1. The first-order valence-corrected chi connectivity index (χ1v) is 5.82. The molecule has 0 bridgehead atoms. The molecule has 1 unspecified atom stereocenters. The average Bonchev–Trinajstić information content (AvgIpc) is 2.32. The maximum absolute atomic E-state index is 12.0. The van der Waals surface area contributed by atoms with Gasteiger partial charge in [0.15, 0.2) is 5.84 Å². The molecular formula is C12H16N4O2. The van der Waals surface area contributed by atoms with Crippen molar-refractivity contribution in [2.75, 3.05) is 14.1 Å². The lowest BCUT2D eigenvalue weighted by molar-refractivity contribution is -0.123. The second kappa shape index (κ2) is 4.36. The first-order valence-electron chi connectivity index (χ1n) is 5.82. The van der Waals surface area contributed by atoms with Crippen LogP contribution in [0, 0.1) is 5.92 Å². The van der Waals surface area contributed by atoms with Crippen LogP contribution in [0.4, 0.5) is 4.79 Å². The molecule has 6 heteroatoms. The van der Waals surface area contributed by atoms with Crippen LogP contribution < -0.4 is 0 Å². The minimum Gasteiger partial charge on any atom is -0.268 e. The van der Waals surface area contributed by atoms with Gasteiger partial charge in [-0.15, -0.1) is 0 Å². The number of hydrazone groups is 1. The molecule has 1 atom stereocenters. The van der Waals surface area contributed by atoms with E-state index < -0.39 is 6.03 Å². The van der Waals surface area contributed by atoms with Crippen LogP contribution in [0.5, 0.6) is 0 Å². The third-order valence-electron chi connectivity index (χ3n) is 3.27. The van der Waals surface area contributed by atoms with Gasteiger partial charge in [0.2, 0.25) is 0 Å². The number of carbonyl (C=O) groups is 2. The Morgan fingerprint density at radius 3 is 2.67 bits per heavy atom. The van der Waals surface area contributed by atoms with E-state index in [1.807, 2.05) is 19.9 Å². The van der Waals surface area contributed by atoms with Gasteiger partial charge in [-0.05, 0) is 19.3 Å². The van der Waals surface area contributed by atoms with Gasteiger partial charge in [0.1, 0.15) is 0 Å². The monoisotopic (exact) mass is 248 g/mol. The Kier molecular flexibility index (Phi) is 3.02. The van der Waals surface area contributed by atoms with Crippen molar-refractivity contribution in [3.8, 4) is 0 Å². The molecule has 2 rings (SSSR count). The lowest BCUT2D eigenvalue weighted by Crippen LogP contribution is -2.44. The number of imide groups is 1. The Bertz CT molecular complexity index is 504. The third kappa shape index (κ3) is 1.94. The van der Waals surface area contributed by atoms with Gasteiger partial charge in [-0.1, -0.05) is 13.0 Å². The molecule has 0 aromatic heterocycles. The Labute approximate surface area is 106 Å². The van der Waals surface area contributed by atoms with Crippen molar-refractivity contribution in [1.29, 1.82) is 0 Å². The number of fused-ring (bicyclic) bond motifs is 1. The Morgan fingerprint density at radius 1 is 1.33 bits per heavy atom. The molecule has 3 amide bonds. The van der Waals surface area contributed by atoms with E-state index in [-0.39, 0.29) is 11.8 Å². The van der Waals surface area contributed by atoms with Crippen molar-refractivity contribution in [3.05, 3.63) is 11.6 Å². The zero-order valence-electron chi connectivity index (χ0n) is 11.0. The van der Waals surface area contributed by atoms with Gasteiger partial charge in [-0.3, -0.25) is 14.7 Å². The molecule has 18 heavy (non-hydrogen) atoms. The first-order chi connectivity index (χ1) is 8.41. The highest BCUT2D eigenvalue weighted by atomic mass is 16.2. The fourth-order valence-electron chi connectivity index (χ4n) is 1.86. The summed E-state index contributed by atoms with van der Waals surface area (Å²) in [6, 6.07) is -0.555. The highest BCUT2D eigenvalue weighted by molar-refractivity contribution is 6.28. The number of allylic oxidation sites excluding steroid dienone is 1. The van der Waals surface area contributed by atoms with E-state index in [2.05, 4.69) is 10.1 Å². The molecule has 0 N–H and O–H groups in total. The van der Waals surface area contributed by atoms with E-state index in [4.69, 9.17) is 0 Å². The van der Waals surface area contributed by atoms with Crippen LogP contribution in [0.15, 0.2) is 21.7 Å². The Balaban J connectivity index is 2.51. The number of hydrogen-bond acceptors (Lipinski definition) is 4. The van der Waals surface area contributed by atoms with Crippen molar-refractivity contribution in [3.63, 3.8) is 0 Å². The second-order valence-corrected chi connectivity index (χ2v) is 4.60. The van der Waals surface area contributed by atoms with Gasteiger partial charge < -0.3 is 0 Å². The number of urea groups is 1. The summed E-state index contributed by atoms with van der Waals surface area (Å²) in [5.74, 6) is 0.269. The normalized spacial score (nSPS) is 24.9. The SMILES string of the molecule is CC1=NN(C)C2=NC(=O)N(C)C(=O)C2=CCC1C. The first kappa shape index (κ1) is 12.5. The van der Waals surface area contributed by atoms with Gasteiger partial charge in [0.25, 0.3) is 5.91 Å². The molecular weight excluding hydrogens is 232 g/mol. The van der Waals surface area contributed by atoms with E-state index >= 15 is 0 Å². The maximum Gasteiger partial charge on any atom is 0.352 e. The predicted octanol–water partition coefficient (Wildman–Crippen LogP) is 1.25. The number of aliphatic imine (C=N–C) groups is 1. The van der Waals surface area contributed by atoms with Crippen LogP contribution in [0.25, 0.3) is 0 Å². The molecule has 0 fully saturated rings. The van der Waals surface area contributed by atoms with Crippen molar-refractivity contribution in [2.45, 2.75) is 20.3 Å². The van der Waals surface area contributed by atoms with Crippen LogP contribution in [0.3, 0.4) is 0 Å². The van der Waals surface area contributed by atoms with Crippen LogP contribution in [0.1, 0.15) is 20.3 Å². The molecule has 96 valence electrons. The number of hydrogen-bond donors (Lipinski definition) is 0. The lowest BCUT2D eigenvalue weighted by atomic mass is 9.99. The van der Waals surface area contributed by atoms with E-state index in [0.717, 1.165) is 10.6 Å². The minimum atomic E-state index is -0.555. The summed E-state index contributed by atoms with van der Waals surface area (Å²) in [5.41, 5.74) is 1.40. The molecule has 2 heterocycles. The predicted molar refractivity (Wildman–Crippen MR) is 68.3 cm³/mol. The van der Waals surface area contributed by atoms with Gasteiger partial charge in [0.05, 0.1) is 5.57 Å². The largest absolute Gasteiger partial charge is 0.352 e. The van der Waals surface area contributed by atoms with Crippen LogP contribution in [-0.4, -0.2) is 47.5 Å². The fourth-order valence-corrected chi connectivity index (χ4v) is 1.86. The van der Waals surface area contributed by atoms with Crippen molar-refractivity contribution in [2.24, 2.45) is 16.0 Å². The molecule has 2 aliphatic rings. The van der Waals surface area contributed by atoms with Crippen molar-refractivity contribution in [1.82, 2.24) is 9.91 Å². The molecule has 0 aliphatic carbocycles. The van der Waals surface area contributed by atoms with Crippen molar-refractivity contribution < 1.29 is 9.59 Å². The molecule has 2 aliphatic heterocycles. The summed E-state index contributed by atoms with van der Waals surface area (Å²) in [6.07, 6.45) is 2.55. The third-order valence-corrected chi connectivity index (χ3v) is 3.27. The minimum absolute atomic E-state index is 0.261. The average molecular weight is 248 g/mol. The topological polar surface area (TPSA) is 65.3 Å². The summed E-state index contributed by atoms with van der Waals surface area (Å²) >= 11 is 0. The second-order valence-electron chi connectivity index (χ2n) is 4.60. The quantitative estimate of drug-likeness (QED) is 0.648. The fraction of sp³-hybridized carbons (Fsp3) is 0.500. The molecule has 0 radical (unpaired) electrons. The van der Waals surface area contributed by atoms with Crippen molar-refractivity contribution >= 4 is 23.5 Å². The van der Waals surface area contributed by atoms with Gasteiger partial charge in [0, 0.05) is 19.8 Å². The molecule has 0 saturated carbocycles. The summed E-state index contributed by atoms with van der Waals surface area (Å²) in [5, 5.41) is 5.85. The number of likely N-dealkylation sites (N-methyl/N-ethyl adjacent to an activating group) is 2. The Morgan fingerprint density at radius 2 is 2.00 bits per heavy atom. The van der Waals surface area contributed by atoms with Crippen LogP contribution >= 0.6 is 0 Å². The number of carbonyl (C=O) groups excluding carboxylic acids is 2. The Hall–Kier alpha value is -1.98. The lowest BCUT2D eigenvalue weighted by Gasteiger charge is -2.28. The van der Waals surface area contributed by atoms with Gasteiger partial charge >= 0.3 is 6.03 Å². The molecule has 0 saturated heterocycles. The van der Waals surface area contributed by atoms with E-state index in [0.29, 0.717) is 17.8 Å². The molecule has 0 aromatic carbocycles. The summed E-state index contributed by atoms with van der Waals surface area (Å²) < 4.78 is 0.